The summed E-state index contributed by atoms with van der Waals surface area (Å²) in [5, 5.41) is 1.06. The molecule has 81 valence electrons. The van der Waals surface area contributed by atoms with Crippen LogP contribution in [0.5, 0.6) is 11.5 Å². The average molecular weight is 317 g/mol. The zero-order valence-corrected chi connectivity index (χ0v) is 11.1. The topological polar surface area (TPSA) is 9.23 Å². The number of rotatable bonds is 2. The summed E-state index contributed by atoms with van der Waals surface area (Å²) in [7, 11) is 0. The fraction of sp³-hybridized carbons (Fsp3) is 0. The SMILES string of the molecule is Clc1ccc(Oc2cc[c]cc2Br)c(Cl)c1. The molecule has 1 radical (unpaired) electrons. The molecule has 0 fully saturated rings. The maximum absolute atomic E-state index is 6.00. The highest BCUT2D eigenvalue weighted by Crippen LogP contribution is 2.34. The lowest BCUT2D eigenvalue weighted by Gasteiger charge is -2.08. The van der Waals surface area contributed by atoms with Crippen LogP contribution in [0.2, 0.25) is 10.0 Å². The second kappa shape index (κ2) is 5.09. The molecule has 0 saturated carbocycles. The minimum Gasteiger partial charge on any atom is -0.455 e. The second-order valence-electron chi connectivity index (χ2n) is 3.03. The van der Waals surface area contributed by atoms with Gasteiger partial charge < -0.3 is 4.74 Å². The summed E-state index contributed by atoms with van der Waals surface area (Å²) in [5.74, 6) is 1.25. The van der Waals surface area contributed by atoms with Crippen LogP contribution in [0.15, 0.2) is 40.9 Å². The van der Waals surface area contributed by atoms with Gasteiger partial charge in [0.15, 0.2) is 0 Å². The minimum atomic E-state index is 0.479. The van der Waals surface area contributed by atoms with Crippen LogP contribution in [0.3, 0.4) is 0 Å². The number of hydrogen-bond donors (Lipinski definition) is 0. The van der Waals surface area contributed by atoms with Crippen LogP contribution < -0.4 is 4.74 Å². The van der Waals surface area contributed by atoms with E-state index in [-0.39, 0.29) is 0 Å². The Labute approximate surface area is 112 Å². The normalized spacial score (nSPS) is 10.2. The number of hydrogen-bond acceptors (Lipinski definition) is 1. The fourth-order valence-electron chi connectivity index (χ4n) is 1.16. The van der Waals surface area contributed by atoms with Crippen LogP contribution >= 0.6 is 39.1 Å². The van der Waals surface area contributed by atoms with Gasteiger partial charge in [0.05, 0.1) is 9.50 Å². The summed E-state index contributed by atoms with van der Waals surface area (Å²) in [4.78, 5) is 0. The molecule has 0 aromatic heterocycles. The summed E-state index contributed by atoms with van der Waals surface area (Å²) < 4.78 is 6.46. The first-order valence-electron chi connectivity index (χ1n) is 4.45. The van der Waals surface area contributed by atoms with E-state index in [1.807, 2.05) is 0 Å². The standard InChI is InChI=1S/C12H6BrCl2O/c13-9-3-1-2-4-11(9)16-12-6-5-8(14)7-10(12)15/h2-7H. The first kappa shape index (κ1) is 11.8. The van der Waals surface area contributed by atoms with Crippen LogP contribution in [0, 0.1) is 6.07 Å². The van der Waals surface area contributed by atoms with Crippen molar-refractivity contribution in [2.45, 2.75) is 0 Å². The van der Waals surface area contributed by atoms with E-state index < -0.39 is 0 Å². The fourth-order valence-corrected chi connectivity index (χ4v) is 1.95. The van der Waals surface area contributed by atoms with E-state index in [9.17, 15) is 0 Å². The maximum Gasteiger partial charge on any atom is 0.146 e. The van der Waals surface area contributed by atoms with Gasteiger partial charge in [-0.15, -0.1) is 0 Å². The highest BCUT2D eigenvalue weighted by molar-refractivity contribution is 9.10. The summed E-state index contributed by atoms with van der Waals surface area (Å²) in [6.45, 7) is 0. The van der Waals surface area contributed by atoms with Crippen molar-refractivity contribution in [1.29, 1.82) is 0 Å². The lowest BCUT2D eigenvalue weighted by Crippen LogP contribution is -1.86. The molecule has 0 saturated heterocycles. The van der Waals surface area contributed by atoms with Gasteiger partial charge in [0.25, 0.3) is 0 Å². The molecule has 0 amide bonds. The molecule has 0 unspecified atom stereocenters. The Morgan fingerprint density at radius 1 is 1.12 bits per heavy atom. The average Bonchev–Trinajstić information content (AvgIpc) is 2.25. The molecule has 0 aliphatic heterocycles. The highest BCUT2D eigenvalue weighted by atomic mass is 79.9. The van der Waals surface area contributed by atoms with Gasteiger partial charge in [-0.2, -0.15) is 0 Å². The van der Waals surface area contributed by atoms with Crippen molar-refractivity contribution < 1.29 is 4.74 Å². The Balaban J connectivity index is 2.31. The van der Waals surface area contributed by atoms with E-state index in [0.717, 1.165) is 4.47 Å². The van der Waals surface area contributed by atoms with Crippen molar-refractivity contribution in [3.63, 3.8) is 0 Å². The summed E-state index contributed by atoms with van der Waals surface area (Å²) in [5.41, 5.74) is 0. The summed E-state index contributed by atoms with van der Waals surface area (Å²) in [6, 6.07) is 13.4. The Morgan fingerprint density at radius 2 is 1.94 bits per heavy atom. The Kier molecular flexibility index (Phi) is 3.74. The van der Waals surface area contributed by atoms with E-state index >= 15 is 0 Å². The van der Waals surface area contributed by atoms with Crippen molar-refractivity contribution in [3.8, 4) is 11.5 Å². The highest BCUT2D eigenvalue weighted by Gasteiger charge is 2.05. The molecule has 2 aromatic carbocycles. The van der Waals surface area contributed by atoms with Crippen LogP contribution in [0.25, 0.3) is 0 Å². The third-order valence-electron chi connectivity index (χ3n) is 1.89. The summed E-state index contributed by atoms with van der Waals surface area (Å²) in [6.07, 6.45) is 0. The van der Waals surface area contributed by atoms with Crippen molar-refractivity contribution in [2.24, 2.45) is 0 Å². The van der Waals surface area contributed by atoms with Gasteiger partial charge in [0, 0.05) is 5.02 Å². The maximum atomic E-state index is 6.00. The number of ether oxygens (including phenoxy) is 1. The van der Waals surface area contributed by atoms with Gasteiger partial charge >= 0.3 is 0 Å². The molecule has 0 spiro atoms. The first-order chi connectivity index (χ1) is 7.66. The molecular formula is C12H6BrCl2O. The van der Waals surface area contributed by atoms with E-state index in [0.29, 0.717) is 21.5 Å². The molecule has 1 nitrogen and oxygen atoms in total. The Morgan fingerprint density at radius 3 is 2.62 bits per heavy atom. The van der Waals surface area contributed by atoms with Crippen molar-refractivity contribution in [1.82, 2.24) is 0 Å². The van der Waals surface area contributed by atoms with Crippen LogP contribution in [-0.4, -0.2) is 0 Å². The van der Waals surface area contributed by atoms with Gasteiger partial charge in [0.1, 0.15) is 11.5 Å². The molecule has 0 heterocycles. The molecular weight excluding hydrogens is 311 g/mol. The molecule has 4 heteroatoms. The largest absolute Gasteiger partial charge is 0.455 e. The van der Waals surface area contributed by atoms with Crippen molar-refractivity contribution in [2.75, 3.05) is 0 Å². The summed E-state index contributed by atoms with van der Waals surface area (Å²) >= 11 is 15.2. The molecule has 0 aliphatic rings. The lowest BCUT2D eigenvalue weighted by atomic mass is 10.3. The molecule has 2 aromatic rings. The molecule has 0 bridgehead atoms. The zero-order chi connectivity index (χ0) is 11.5. The molecule has 0 atom stereocenters. The molecule has 2 rings (SSSR count). The number of benzene rings is 2. The number of halogens is 3. The van der Waals surface area contributed by atoms with Crippen LogP contribution in [0.1, 0.15) is 0 Å². The van der Waals surface area contributed by atoms with E-state index in [2.05, 4.69) is 22.0 Å². The quantitative estimate of drug-likeness (QED) is 0.725. The zero-order valence-electron chi connectivity index (χ0n) is 8.01. The van der Waals surface area contributed by atoms with Crippen LogP contribution in [-0.2, 0) is 0 Å². The molecule has 0 aliphatic carbocycles. The predicted octanol–water partition coefficient (Wildman–Crippen LogP) is 5.35. The van der Waals surface area contributed by atoms with Gasteiger partial charge in [0.2, 0.25) is 0 Å². The van der Waals surface area contributed by atoms with Gasteiger partial charge in [-0.1, -0.05) is 29.3 Å². The third kappa shape index (κ3) is 2.70. The van der Waals surface area contributed by atoms with Crippen molar-refractivity contribution in [3.05, 3.63) is 57.0 Å². The molecule has 0 N–H and O–H groups in total. The van der Waals surface area contributed by atoms with Crippen molar-refractivity contribution >= 4 is 39.1 Å². The van der Waals surface area contributed by atoms with Crippen LogP contribution in [0.4, 0.5) is 0 Å². The third-order valence-corrected chi connectivity index (χ3v) is 3.04. The van der Waals surface area contributed by atoms with E-state index in [1.54, 1.807) is 36.4 Å². The first-order valence-corrected chi connectivity index (χ1v) is 6.00. The van der Waals surface area contributed by atoms with Gasteiger partial charge in [-0.05, 0) is 52.3 Å². The van der Waals surface area contributed by atoms with E-state index in [1.165, 1.54) is 0 Å². The monoisotopic (exact) mass is 315 g/mol. The minimum absolute atomic E-state index is 0.479. The smallest absolute Gasteiger partial charge is 0.146 e. The van der Waals surface area contributed by atoms with E-state index in [4.69, 9.17) is 27.9 Å². The lowest BCUT2D eigenvalue weighted by molar-refractivity contribution is 0.480. The Bertz CT molecular complexity index is 514. The van der Waals surface area contributed by atoms with Gasteiger partial charge in [-0.25, -0.2) is 0 Å². The molecule has 16 heavy (non-hydrogen) atoms. The second-order valence-corrected chi connectivity index (χ2v) is 4.73. The van der Waals surface area contributed by atoms with Gasteiger partial charge in [-0.3, -0.25) is 0 Å². The predicted molar refractivity (Wildman–Crippen MR) is 69.5 cm³/mol. The Hall–Kier alpha value is -0.700.